The Balaban J connectivity index is 4.92. The van der Waals surface area contributed by atoms with Crippen LogP contribution in [-0.2, 0) is 9.59 Å². The van der Waals surface area contributed by atoms with Crippen molar-refractivity contribution < 1.29 is 31.5 Å². The maximum absolute atomic E-state index is 12.5. The highest BCUT2D eigenvalue weighted by molar-refractivity contribution is 5.90. The fourth-order valence-corrected chi connectivity index (χ4v) is 0.927. The van der Waals surface area contributed by atoms with Gasteiger partial charge in [-0.05, 0) is 5.92 Å². The number of halogens is 5. The Morgan fingerprint density at radius 2 is 1.53 bits per heavy atom. The number of carbonyl (C=O) groups is 2. The molecule has 100 valence electrons. The molecular formula is C8H11F5N2O2. The summed E-state index contributed by atoms with van der Waals surface area (Å²) in [6, 6.07) is -1.59. The van der Waals surface area contributed by atoms with Crippen LogP contribution in [0.4, 0.5) is 22.0 Å². The van der Waals surface area contributed by atoms with E-state index in [4.69, 9.17) is 5.73 Å². The van der Waals surface area contributed by atoms with Crippen molar-refractivity contribution in [3.63, 3.8) is 0 Å². The van der Waals surface area contributed by atoms with Crippen LogP contribution in [0.2, 0.25) is 0 Å². The molecule has 3 N–H and O–H groups in total. The minimum Gasteiger partial charge on any atom is -0.368 e. The number of hydrogen-bond acceptors (Lipinski definition) is 2. The lowest BCUT2D eigenvalue weighted by Crippen LogP contribution is -2.57. The minimum atomic E-state index is -6.02. The predicted octanol–water partition coefficient (Wildman–Crippen LogP) is 0.810. The summed E-state index contributed by atoms with van der Waals surface area (Å²) in [5, 5.41) is 1.28. The van der Waals surface area contributed by atoms with Gasteiger partial charge in [0.2, 0.25) is 5.91 Å². The van der Waals surface area contributed by atoms with E-state index < -0.39 is 35.9 Å². The molecule has 0 saturated heterocycles. The molecule has 0 aliphatic rings. The molecule has 2 amide bonds. The monoisotopic (exact) mass is 262 g/mol. The average molecular weight is 262 g/mol. The summed E-state index contributed by atoms with van der Waals surface area (Å²) in [5.41, 5.74) is 4.76. The topological polar surface area (TPSA) is 72.2 Å². The number of hydrogen-bond donors (Lipinski definition) is 2. The Kier molecular flexibility index (Phi) is 4.44. The van der Waals surface area contributed by atoms with Crippen LogP contribution >= 0.6 is 0 Å². The first-order valence-corrected chi connectivity index (χ1v) is 4.46. The highest BCUT2D eigenvalue weighted by Crippen LogP contribution is 2.35. The molecule has 9 heteroatoms. The lowest BCUT2D eigenvalue weighted by Gasteiger charge is -2.23. The van der Waals surface area contributed by atoms with E-state index in [2.05, 4.69) is 0 Å². The number of nitrogens with one attached hydrogen (secondary N) is 1. The summed E-state index contributed by atoms with van der Waals surface area (Å²) in [6.45, 7) is 2.67. The van der Waals surface area contributed by atoms with Gasteiger partial charge in [0.25, 0.3) is 0 Å². The van der Waals surface area contributed by atoms with Crippen LogP contribution in [0.5, 0.6) is 0 Å². The second kappa shape index (κ2) is 4.84. The molecule has 0 aliphatic carbocycles. The van der Waals surface area contributed by atoms with E-state index in [0.29, 0.717) is 0 Å². The molecule has 0 aromatic heterocycles. The summed E-state index contributed by atoms with van der Waals surface area (Å²) in [4.78, 5) is 21.5. The van der Waals surface area contributed by atoms with Crippen LogP contribution in [0, 0.1) is 5.92 Å². The van der Waals surface area contributed by atoms with Crippen LogP contribution in [0.15, 0.2) is 0 Å². The van der Waals surface area contributed by atoms with E-state index >= 15 is 0 Å². The van der Waals surface area contributed by atoms with E-state index in [-0.39, 0.29) is 0 Å². The number of primary amides is 1. The highest BCUT2D eigenvalue weighted by Gasteiger charge is 2.63. The first-order valence-electron chi connectivity index (χ1n) is 4.46. The molecular weight excluding hydrogens is 251 g/mol. The van der Waals surface area contributed by atoms with Crippen molar-refractivity contribution >= 4 is 11.8 Å². The average Bonchev–Trinajstić information content (AvgIpc) is 2.10. The molecule has 0 spiro atoms. The van der Waals surface area contributed by atoms with Crippen molar-refractivity contribution in [2.75, 3.05) is 0 Å². The molecule has 0 aromatic rings. The van der Waals surface area contributed by atoms with Gasteiger partial charge in [-0.15, -0.1) is 0 Å². The Morgan fingerprint density at radius 1 is 1.12 bits per heavy atom. The van der Waals surface area contributed by atoms with Crippen LogP contribution in [0.25, 0.3) is 0 Å². The van der Waals surface area contributed by atoms with Crippen LogP contribution in [-0.4, -0.2) is 30.0 Å². The van der Waals surface area contributed by atoms with Gasteiger partial charge in [0.15, 0.2) is 0 Å². The SMILES string of the molecule is CC(C)C(NC(=O)C(F)(F)C(F)(F)F)C(N)=O. The summed E-state index contributed by atoms with van der Waals surface area (Å²) in [7, 11) is 0. The number of alkyl halides is 5. The van der Waals surface area contributed by atoms with Gasteiger partial charge in [-0.2, -0.15) is 22.0 Å². The largest absolute Gasteiger partial charge is 0.463 e. The van der Waals surface area contributed by atoms with Crippen molar-refractivity contribution in [2.45, 2.75) is 32.0 Å². The second-order valence-electron chi connectivity index (χ2n) is 3.67. The quantitative estimate of drug-likeness (QED) is 0.736. The number of rotatable bonds is 4. The van der Waals surface area contributed by atoms with Gasteiger partial charge in [0.1, 0.15) is 6.04 Å². The van der Waals surface area contributed by atoms with E-state index in [1.165, 1.54) is 19.2 Å². The Bertz CT molecular complexity index is 314. The molecule has 0 bridgehead atoms. The lowest BCUT2D eigenvalue weighted by molar-refractivity contribution is -0.270. The van der Waals surface area contributed by atoms with Crippen LogP contribution in [0.1, 0.15) is 13.8 Å². The molecule has 0 radical (unpaired) electrons. The molecule has 1 atom stereocenters. The maximum Gasteiger partial charge on any atom is 0.463 e. The zero-order valence-corrected chi connectivity index (χ0v) is 8.94. The third kappa shape index (κ3) is 3.53. The lowest BCUT2D eigenvalue weighted by atomic mass is 10.0. The maximum atomic E-state index is 12.5. The van der Waals surface area contributed by atoms with Crippen LogP contribution < -0.4 is 11.1 Å². The third-order valence-electron chi connectivity index (χ3n) is 1.90. The van der Waals surface area contributed by atoms with Crippen molar-refractivity contribution in [2.24, 2.45) is 11.7 Å². The van der Waals surface area contributed by atoms with E-state index in [1.54, 1.807) is 0 Å². The normalized spacial score (nSPS) is 14.6. The summed E-state index contributed by atoms with van der Waals surface area (Å²) < 4.78 is 60.5. The zero-order valence-electron chi connectivity index (χ0n) is 8.94. The van der Waals surface area contributed by atoms with Crippen molar-refractivity contribution in [1.82, 2.24) is 5.32 Å². The van der Waals surface area contributed by atoms with Gasteiger partial charge in [-0.1, -0.05) is 13.8 Å². The van der Waals surface area contributed by atoms with Crippen molar-refractivity contribution in [3.8, 4) is 0 Å². The van der Waals surface area contributed by atoms with Gasteiger partial charge in [0, 0.05) is 0 Å². The van der Waals surface area contributed by atoms with Gasteiger partial charge < -0.3 is 11.1 Å². The minimum absolute atomic E-state index is 0.708. The molecule has 0 aliphatic heterocycles. The Morgan fingerprint density at radius 3 is 1.76 bits per heavy atom. The highest BCUT2D eigenvalue weighted by atomic mass is 19.4. The standard InChI is InChI=1S/C8H11F5N2O2/c1-3(2)4(5(14)16)15-6(17)7(9,10)8(11,12)13/h3-4H,1-2H3,(H2,14,16)(H,15,17). The molecule has 0 saturated carbocycles. The fraction of sp³-hybridized carbons (Fsp3) is 0.750. The molecule has 0 heterocycles. The van der Waals surface area contributed by atoms with Gasteiger partial charge in [-0.3, -0.25) is 9.59 Å². The predicted molar refractivity (Wildman–Crippen MR) is 47.0 cm³/mol. The molecule has 1 unspecified atom stereocenters. The number of nitrogens with two attached hydrogens (primary N) is 1. The summed E-state index contributed by atoms with van der Waals surface area (Å²) in [5.74, 6) is -10.1. The van der Waals surface area contributed by atoms with Gasteiger partial charge in [0.05, 0.1) is 0 Å². The first-order chi connectivity index (χ1) is 7.41. The second-order valence-corrected chi connectivity index (χ2v) is 3.67. The number of carbonyl (C=O) groups excluding carboxylic acids is 2. The molecule has 17 heavy (non-hydrogen) atoms. The van der Waals surface area contributed by atoms with Crippen LogP contribution in [0.3, 0.4) is 0 Å². The first kappa shape index (κ1) is 15.6. The smallest absolute Gasteiger partial charge is 0.368 e. The van der Waals surface area contributed by atoms with E-state index in [9.17, 15) is 31.5 Å². The summed E-state index contributed by atoms with van der Waals surface area (Å²) in [6.07, 6.45) is -6.02. The molecule has 0 aromatic carbocycles. The molecule has 0 fully saturated rings. The van der Waals surface area contributed by atoms with Crippen molar-refractivity contribution in [1.29, 1.82) is 0 Å². The Hall–Kier alpha value is -1.41. The summed E-state index contributed by atoms with van der Waals surface area (Å²) >= 11 is 0. The molecule has 4 nitrogen and oxygen atoms in total. The Labute approximate surface area is 93.3 Å². The van der Waals surface area contributed by atoms with E-state index in [0.717, 1.165) is 0 Å². The third-order valence-corrected chi connectivity index (χ3v) is 1.90. The fourth-order valence-electron chi connectivity index (χ4n) is 0.927. The van der Waals surface area contributed by atoms with Crippen molar-refractivity contribution in [3.05, 3.63) is 0 Å². The molecule has 0 rings (SSSR count). The number of amides is 2. The van der Waals surface area contributed by atoms with Gasteiger partial charge in [-0.25, -0.2) is 0 Å². The van der Waals surface area contributed by atoms with E-state index in [1.807, 2.05) is 0 Å². The van der Waals surface area contributed by atoms with Gasteiger partial charge >= 0.3 is 18.0 Å². The zero-order chi connectivity index (χ0) is 14.0.